The molecular weight excluding hydrogens is 168 g/mol. The number of aliphatic hydroxyl groups is 1. The van der Waals surface area contributed by atoms with Crippen LogP contribution in [-0.2, 0) is 4.79 Å². The fraction of sp³-hybridized carbons (Fsp3) is 0.667. The molecule has 4 heteroatoms. The number of carbonyl (C=O) groups excluding carboxylic acids is 1. The number of amides is 1. The number of hydrogen-bond donors (Lipinski definition) is 1. The predicted octanol–water partition coefficient (Wildman–Crippen LogP) is -0.693. The predicted molar refractivity (Wildman–Crippen MR) is 50.3 cm³/mol. The Labute approximate surface area is 78.4 Å². The van der Waals surface area contributed by atoms with Crippen molar-refractivity contribution in [3.05, 3.63) is 12.7 Å². The number of aliphatic hydroxyl groups excluding tert-OH is 1. The summed E-state index contributed by atoms with van der Waals surface area (Å²) >= 11 is 0. The van der Waals surface area contributed by atoms with Crippen LogP contribution in [0.2, 0.25) is 0 Å². The second kappa shape index (κ2) is 4.39. The third-order valence-corrected chi connectivity index (χ3v) is 2.36. The van der Waals surface area contributed by atoms with Crippen molar-refractivity contribution >= 4 is 5.91 Å². The van der Waals surface area contributed by atoms with Crippen LogP contribution < -0.4 is 0 Å². The maximum absolute atomic E-state index is 11.5. The Morgan fingerprint density at radius 2 is 2.38 bits per heavy atom. The number of carbonyl (C=O) groups is 1. The molecule has 1 heterocycles. The zero-order valence-electron chi connectivity index (χ0n) is 7.94. The largest absolute Gasteiger partial charge is 0.394 e. The zero-order chi connectivity index (χ0) is 9.84. The summed E-state index contributed by atoms with van der Waals surface area (Å²) in [7, 11) is 1.76. The summed E-state index contributed by atoms with van der Waals surface area (Å²) in [6, 6.07) is -0.378. The summed E-state index contributed by atoms with van der Waals surface area (Å²) in [5, 5.41) is 9.05. The Morgan fingerprint density at radius 3 is 2.92 bits per heavy atom. The highest BCUT2D eigenvalue weighted by molar-refractivity contribution is 5.82. The van der Waals surface area contributed by atoms with Gasteiger partial charge in [0.2, 0.25) is 5.91 Å². The summed E-state index contributed by atoms with van der Waals surface area (Å²) in [4.78, 5) is 15.1. The van der Waals surface area contributed by atoms with Crippen LogP contribution in [0.3, 0.4) is 0 Å². The molecule has 0 aliphatic carbocycles. The monoisotopic (exact) mass is 184 g/mol. The summed E-state index contributed by atoms with van der Waals surface area (Å²) in [5.74, 6) is -0.00407. The number of piperazine rings is 1. The summed E-state index contributed by atoms with van der Waals surface area (Å²) in [5.41, 5.74) is 0. The van der Waals surface area contributed by atoms with Crippen LogP contribution in [0, 0.1) is 0 Å². The van der Waals surface area contributed by atoms with Gasteiger partial charge in [0.25, 0.3) is 0 Å². The maximum Gasteiger partial charge on any atom is 0.242 e. The molecule has 0 saturated carbocycles. The molecular formula is C9H16N2O2. The Morgan fingerprint density at radius 1 is 1.69 bits per heavy atom. The molecule has 1 saturated heterocycles. The molecule has 1 fully saturated rings. The smallest absolute Gasteiger partial charge is 0.242 e. The molecule has 74 valence electrons. The number of likely N-dealkylation sites (N-methyl/N-ethyl adjacent to an activating group) is 1. The van der Waals surface area contributed by atoms with Crippen LogP contribution >= 0.6 is 0 Å². The van der Waals surface area contributed by atoms with Gasteiger partial charge in [0.1, 0.15) is 6.04 Å². The zero-order valence-corrected chi connectivity index (χ0v) is 7.94. The molecule has 1 rings (SSSR count). The highest BCUT2D eigenvalue weighted by Gasteiger charge is 2.31. The summed E-state index contributed by atoms with van der Waals surface area (Å²) in [6.45, 7) is 5.69. The first-order valence-electron chi connectivity index (χ1n) is 4.41. The molecule has 1 atom stereocenters. The molecule has 1 unspecified atom stereocenters. The van der Waals surface area contributed by atoms with Crippen molar-refractivity contribution in [1.82, 2.24) is 9.80 Å². The van der Waals surface area contributed by atoms with E-state index in [1.165, 1.54) is 0 Å². The van der Waals surface area contributed by atoms with E-state index < -0.39 is 0 Å². The minimum atomic E-state index is -0.378. The van der Waals surface area contributed by atoms with E-state index in [-0.39, 0.29) is 18.6 Å². The number of hydrogen-bond acceptors (Lipinski definition) is 3. The van der Waals surface area contributed by atoms with Gasteiger partial charge in [0.15, 0.2) is 0 Å². The normalized spacial score (nSPS) is 24.9. The van der Waals surface area contributed by atoms with Gasteiger partial charge in [0.05, 0.1) is 6.61 Å². The van der Waals surface area contributed by atoms with E-state index in [1.54, 1.807) is 18.0 Å². The third kappa shape index (κ3) is 2.08. The second-order valence-electron chi connectivity index (χ2n) is 3.24. The minimum absolute atomic E-state index is 0.00407. The molecule has 0 spiro atoms. The Bertz CT molecular complexity index is 206. The van der Waals surface area contributed by atoms with Gasteiger partial charge in [-0.05, 0) is 0 Å². The van der Waals surface area contributed by atoms with Crippen molar-refractivity contribution in [2.75, 3.05) is 33.3 Å². The van der Waals surface area contributed by atoms with Crippen LogP contribution in [0.4, 0.5) is 0 Å². The molecule has 1 aliphatic rings. The summed E-state index contributed by atoms with van der Waals surface area (Å²) in [6.07, 6.45) is 1.75. The van der Waals surface area contributed by atoms with E-state index in [9.17, 15) is 4.79 Å². The highest BCUT2D eigenvalue weighted by Crippen LogP contribution is 2.08. The Kier molecular flexibility index (Phi) is 3.45. The maximum atomic E-state index is 11.5. The SMILES string of the molecule is C=CCN1CCN(C)C(=O)C1CO. The van der Waals surface area contributed by atoms with Gasteiger partial charge in [-0.1, -0.05) is 6.08 Å². The lowest BCUT2D eigenvalue weighted by Crippen LogP contribution is -2.57. The van der Waals surface area contributed by atoms with E-state index in [2.05, 4.69) is 6.58 Å². The number of rotatable bonds is 3. The molecule has 1 amide bonds. The van der Waals surface area contributed by atoms with Gasteiger partial charge in [-0.3, -0.25) is 9.69 Å². The van der Waals surface area contributed by atoms with E-state index in [0.717, 1.165) is 13.1 Å². The average Bonchev–Trinajstić information content (AvgIpc) is 2.12. The quantitative estimate of drug-likeness (QED) is 0.590. The van der Waals surface area contributed by atoms with Crippen LogP contribution in [-0.4, -0.2) is 60.1 Å². The topological polar surface area (TPSA) is 43.8 Å². The van der Waals surface area contributed by atoms with E-state index in [0.29, 0.717) is 6.54 Å². The van der Waals surface area contributed by atoms with E-state index in [4.69, 9.17) is 5.11 Å². The fourth-order valence-corrected chi connectivity index (χ4v) is 1.53. The molecule has 0 radical (unpaired) electrons. The van der Waals surface area contributed by atoms with Crippen molar-refractivity contribution < 1.29 is 9.90 Å². The van der Waals surface area contributed by atoms with Crippen LogP contribution in [0.1, 0.15) is 0 Å². The van der Waals surface area contributed by atoms with Crippen molar-refractivity contribution in [3.8, 4) is 0 Å². The van der Waals surface area contributed by atoms with Gasteiger partial charge in [-0.2, -0.15) is 0 Å². The standard InChI is InChI=1S/C9H16N2O2/c1-3-4-11-6-5-10(2)9(13)8(11)7-12/h3,8,12H,1,4-7H2,2H3. The van der Waals surface area contributed by atoms with Crippen molar-refractivity contribution in [2.24, 2.45) is 0 Å². The lowest BCUT2D eigenvalue weighted by molar-refractivity contribution is -0.141. The van der Waals surface area contributed by atoms with Crippen molar-refractivity contribution in [2.45, 2.75) is 6.04 Å². The minimum Gasteiger partial charge on any atom is -0.394 e. The molecule has 0 aromatic rings. The third-order valence-electron chi connectivity index (χ3n) is 2.36. The molecule has 0 aromatic heterocycles. The van der Waals surface area contributed by atoms with E-state index in [1.807, 2.05) is 4.90 Å². The first kappa shape index (κ1) is 10.2. The second-order valence-corrected chi connectivity index (χ2v) is 3.24. The molecule has 4 nitrogen and oxygen atoms in total. The molecule has 1 N–H and O–H groups in total. The van der Waals surface area contributed by atoms with Gasteiger partial charge in [0, 0.05) is 26.7 Å². The molecule has 0 aromatic carbocycles. The van der Waals surface area contributed by atoms with Gasteiger partial charge < -0.3 is 10.0 Å². The lowest BCUT2D eigenvalue weighted by Gasteiger charge is -2.37. The fourth-order valence-electron chi connectivity index (χ4n) is 1.53. The van der Waals surface area contributed by atoms with Gasteiger partial charge >= 0.3 is 0 Å². The van der Waals surface area contributed by atoms with Gasteiger partial charge in [-0.25, -0.2) is 0 Å². The van der Waals surface area contributed by atoms with Crippen LogP contribution in [0.15, 0.2) is 12.7 Å². The van der Waals surface area contributed by atoms with Crippen LogP contribution in [0.25, 0.3) is 0 Å². The Balaban J connectivity index is 2.65. The van der Waals surface area contributed by atoms with Crippen molar-refractivity contribution in [3.63, 3.8) is 0 Å². The Hall–Kier alpha value is -0.870. The molecule has 1 aliphatic heterocycles. The van der Waals surface area contributed by atoms with Crippen molar-refractivity contribution in [1.29, 1.82) is 0 Å². The molecule has 0 bridgehead atoms. The highest BCUT2D eigenvalue weighted by atomic mass is 16.3. The molecule has 13 heavy (non-hydrogen) atoms. The van der Waals surface area contributed by atoms with E-state index >= 15 is 0 Å². The van der Waals surface area contributed by atoms with Gasteiger partial charge in [-0.15, -0.1) is 6.58 Å². The average molecular weight is 184 g/mol. The summed E-state index contributed by atoms with van der Waals surface area (Å²) < 4.78 is 0. The first-order valence-corrected chi connectivity index (χ1v) is 4.41. The lowest BCUT2D eigenvalue weighted by atomic mass is 10.1. The number of nitrogens with zero attached hydrogens (tertiary/aromatic N) is 2. The van der Waals surface area contributed by atoms with Crippen LogP contribution in [0.5, 0.6) is 0 Å². The first-order chi connectivity index (χ1) is 6.20.